The van der Waals surface area contributed by atoms with Crippen LogP contribution in [0.2, 0.25) is 0 Å². The maximum atomic E-state index is 8.73. The van der Waals surface area contributed by atoms with Gasteiger partial charge < -0.3 is 15.4 Å². The zero-order valence-corrected chi connectivity index (χ0v) is 10.3. The van der Waals surface area contributed by atoms with E-state index in [-0.39, 0.29) is 6.61 Å². The van der Waals surface area contributed by atoms with Crippen molar-refractivity contribution in [3.63, 3.8) is 0 Å². The molecular weight excluding hydrogens is 240 g/mol. The number of para-hydroxylation sites is 1. The Hall–Kier alpha value is -2.40. The minimum Gasteiger partial charge on any atom is -0.395 e. The van der Waals surface area contributed by atoms with Gasteiger partial charge in [-0.3, -0.25) is 0 Å². The van der Waals surface area contributed by atoms with Crippen LogP contribution in [0.25, 0.3) is 22.0 Å². The lowest BCUT2D eigenvalue weighted by molar-refractivity contribution is 0.311. The van der Waals surface area contributed by atoms with Crippen LogP contribution in [-0.2, 0) is 0 Å². The number of aliphatic hydroxyl groups excluding tert-OH is 1. The van der Waals surface area contributed by atoms with Crippen LogP contribution in [0.5, 0.6) is 0 Å². The number of hydrogen-bond acceptors (Lipinski definition) is 4. The predicted octanol–water partition coefficient (Wildman–Crippen LogP) is 2.03. The first-order chi connectivity index (χ1) is 9.38. The Balaban J connectivity index is 1.93. The van der Waals surface area contributed by atoms with E-state index in [1.165, 1.54) is 0 Å². The maximum Gasteiger partial charge on any atom is 0.222 e. The van der Waals surface area contributed by atoms with Gasteiger partial charge in [-0.05, 0) is 6.07 Å². The van der Waals surface area contributed by atoms with Gasteiger partial charge in [0.15, 0.2) is 0 Å². The van der Waals surface area contributed by atoms with Crippen LogP contribution in [-0.4, -0.2) is 33.2 Å². The van der Waals surface area contributed by atoms with Gasteiger partial charge in [0.1, 0.15) is 0 Å². The van der Waals surface area contributed by atoms with E-state index in [9.17, 15) is 0 Å². The minimum atomic E-state index is 0.0631. The molecule has 0 unspecified atom stereocenters. The van der Waals surface area contributed by atoms with Crippen molar-refractivity contribution in [3.8, 4) is 11.1 Å². The zero-order valence-electron chi connectivity index (χ0n) is 10.3. The first kappa shape index (κ1) is 11.7. The summed E-state index contributed by atoms with van der Waals surface area (Å²) in [6.45, 7) is 0.514. The number of rotatable bonds is 4. The molecule has 0 aliphatic rings. The molecule has 0 bridgehead atoms. The lowest BCUT2D eigenvalue weighted by atomic mass is 10.1. The highest BCUT2D eigenvalue weighted by Crippen LogP contribution is 2.27. The van der Waals surface area contributed by atoms with E-state index < -0.39 is 0 Å². The monoisotopic (exact) mass is 254 g/mol. The van der Waals surface area contributed by atoms with Gasteiger partial charge in [-0.2, -0.15) is 0 Å². The molecule has 2 aromatic heterocycles. The van der Waals surface area contributed by atoms with E-state index in [0.29, 0.717) is 12.5 Å². The van der Waals surface area contributed by atoms with Crippen LogP contribution in [0.1, 0.15) is 0 Å². The fourth-order valence-corrected chi connectivity index (χ4v) is 2.04. The fourth-order valence-electron chi connectivity index (χ4n) is 2.04. The maximum absolute atomic E-state index is 8.73. The second kappa shape index (κ2) is 5.07. The molecule has 0 fully saturated rings. The highest BCUT2D eigenvalue weighted by atomic mass is 16.3. The summed E-state index contributed by atoms with van der Waals surface area (Å²) in [6, 6.07) is 8.12. The Kier molecular flexibility index (Phi) is 3.12. The summed E-state index contributed by atoms with van der Waals surface area (Å²) < 4.78 is 0. The topological polar surface area (TPSA) is 73.8 Å². The molecule has 0 spiro atoms. The third-order valence-electron chi connectivity index (χ3n) is 2.95. The molecule has 5 heteroatoms. The first-order valence-corrected chi connectivity index (χ1v) is 6.12. The SMILES string of the molecule is OCCNc1ncc(-c2c[nH]c3ccccc23)cn1. The molecule has 0 amide bonds. The molecule has 3 N–H and O–H groups in total. The molecule has 1 aromatic carbocycles. The van der Waals surface area contributed by atoms with Crippen LogP contribution in [0.15, 0.2) is 42.9 Å². The number of aliphatic hydroxyl groups is 1. The van der Waals surface area contributed by atoms with Crippen molar-refractivity contribution in [2.24, 2.45) is 0 Å². The van der Waals surface area contributed by atoms with Gasteiger partial charge in [0.25, 0.3) is 0 Å². The summed E-state index contributed by atoms with van der Waals surface area (Å²) in [4.78, 5) is 11.7. The number of fused-ring (bicyclic) bond motifs is 1. The quantitative estimate of drug-likeness (QED) is 0.666. The Morgan fingerprint density at radius 1 is 1.16 bits per heavy atom. The molecule has 3 rings (SSSR count). The van der Waals surface area contributed by atoms with E-state index in [0.717, 1.165) is 22.0 Å². The molecule has 0 radical (unpaired) electrons. The van der Waals surface area contributed by atoms with E-state index >= 15 is 0 Å². The number of nitrogens with zero attached hydrogens (tertiary/aromatic N) is 2. The van der Waals surface area contributed by atoms with Crippen molar-refractivity contribution in [3.05, 3.63) is 42.9 Å². The molecule has 96 valence electrons. The molecule has 2 heterocycles. The van der Waals surface area contributed by atoms with Crippen LogP contribution in [0.3, 0.4) is 0 Å². The second-order valence-electron chi connectivity index (χ2n) is 4.19. The minimum absolute atomic E-state index is 0.0631. The Morgan fingerprint density at radius 3 is 2.74 bits per heavy atom. The van der Waals surface area contributed by atoms with Crippen molar-refractivity contribution >= 4 is 16.9 Å². The number of anilines is 1. The summed E-state index contributed by atoms with van der Waals surface area (Å²) in [7, 11) is 0. The number of nitrogens with one attached hydrogen (secondary N) is 2. The van der Waals surface area contributed by atoms with Gasteiger partial charge in [-0.15, -0.1) is 0 Å². The lowest BCUT2D eigenvalue weighted by Gasteiger charge is -2.03. The summed E-state index contributed by atoms with van der Waals surface area (Å²) in [6.07, 6.45) is 5.52. The summed E-state index contributed by atoms with van der Waals surface area (Å²) in [5, 5.41) is 12.8. The van der Waals surface area contributed by atoms with Gasteiger partial charge in [0.2, 0.25) is 5.95 Å². The predicted molar refractivity (Wildman–Crippen MR) is 74.9 cm³/mol. The lowest BCUT2D eigenvalue weighted by Crippen LogP contribution is -2.08. The number of benzene rings is 1. The van der Waals surface area contributed by atoms with Crippen LogP contribution in [0.4, 0.5) is 5.95 Å². The Labute approximate surface area is 110 Å². The van der Waals surface area contributed by atoms with E-state index in [1.807, 2.05) is 24.4 Å². The van der Waals surface area contributed by atoms with E-state index in [1.54, 1.807) is 12.4 Å². The summed E-state index contributed by atoms with van der Waals surface area (Å²) in [5.74, 6) is 0.526. The summed E-state index contributed by atoms with van der Waals surface area (Å²) >= 11 is 0. The molecule has 0 saturated carbocycles. The molecule has 3 aromatic rings. The van der Waals surface area contributed by atoms with E-state index in [4.69, 9.17) is 5.11 Å². The van der Waals surface area contributed by atoms with Crippen molar-refractivity contribution in [2.45, 2.75) is 0 Å². The van der Waals surface area contributed by atoms with Gasteiger partial charge >= 0.3 is 0 Å². The molecule has 0 atom stereocenters. The zero-order chi connectivity index (χ0) is 13.1. The van der Waals surface area contributed by atoms with Crippen molar-refractivity contribution in [2.75, 3.05) is 18.5 Å². The van der Waals surface area contributed by atoms with Crippen LogP contribution >= 0.6 is 0 Å². The largest absolute Gasteiger partial charge is 0.395 e. The van der Waals surface area contributed by atoms with Gasteiger partial charge in [0.05, 0.1) is 6.61 Å². The molecular formula is C14H14N4O. The third kappa shape index (κ3) is 2.28. The number of H-pyrrole nitrogens is 1. The second-order valence-corrected chi connectivity index (χ2v) is 4.19. The standard InChI is InChI=1S/C14H14N4O/c19-6-5-15-14-17-7-10(8-18-14)12-9-16-13-4-2-1-3-11(12)13/h1-4,7-9,16,19H,5-6H2,(H,15,17,18). The molecule has 0 aliphatic carbocycles. The first-order valence-electron chi connectivity index (χ1n) is 6.12. The van der Waals surface area contributed by atoms with Gasteiger partial charge in [0, 0.05) is 47.2 Å². The average molecular weight is 254 g/mol. The number of aromatic amines is 1. The van der Waals surface area contributed by atoms with E-state index in [2.05, 4.69) is 26.3 Å². The van der Waals surface area contributed by atoms with Crippen molar-refractivity contribution in [1.29, 1.82) is 0 Å². The third-order valence-corrected chi connectivity index (χ3v) is 2.95. The van der Waals surface area contributed by atoms with Crippen molar-refractivity contribution in [1.82, 2.24) is 15.0 Å². The molecule has 5 nitrogen and oxygen atoms in total. The van der Waals surface area contributed by atoms with Crippen molar-refractivity contribution < 1.29 is 5.11 Å². The van der Waals surface area contributed by atoms with Gasteiger partial charge in [-0.1, -0.05) is 18.2 Å². The molecule has 19 heavy (non-hydrogen) atoms. The highest BCUT2D eigenvalue weighted by Gasteiger charge is 2.06. The molecule has 0 saturated heterocycles. The summed E-state index contributed by atoms with van der Waals surface area (Å²) in [5.41, 5.74) is 3.15. The van der Waals surface area contributed by atoms with Gasteiger partial charge in [-0.25, -0.2) is 9.97 Å². The number of aromatic nitrogens is 3. The average Bonchev–Trinajstić information content (AvgIpc) is 2.90. The highest BCUT2D eigenvalue weighted by molar-refractivity contribution is 5.95. The fraction of sp³-hybridized carbons (Fsp3) is 0.143. The normalized spacial score (nSPS) is 10.8. The van der Waals surface area contributed by atoms with Crippen LogP contribution in [0, 0.1) is 0 Å². The Morgan fingerprint density at radius 2 is 1.95 bits per heavy atom. The van der Waals surface area contributed by atoms with Crippen LogP contribution < -0.4 is 5.32 Å². The smallest absolute Gasteiger partial charge is 0.222 e. The molecule has 0 aliphatic heterocycles. The number of hydrogen-bond donors (Lipinski definition) is 3. The Bertz CT molecular complexity index is 675.